The number of nitrogens with zero attached hydrogens (tertiary/aromatic N) is 1. The van der Waals surface area contributed by atoms with Crippen LogP contribution in [0, 0.1) is 5.92 Å². The zero-order valence-electron chi connectivity index (χ0n) is 10.8. The number of rotatable bonds is 4. The maximum absolute atomic E-state index is 12.4. The number of halogens is 2. The highest BCUT2D eigenvalue weighted by Crippen LogP contribution is 2.26. The van der Waals surface area contributed by atoms with Gasteiger partial charge in [0.1, 0.15) is 0 Å². The van der Waals surface area contributed by atoms with Crippen LogP contribution >= 0.6 is 27.5 Å². The van der Waals surface area contributed by atoms with Crippen molar-refractivity contribution < 1.29 is 14.7 Å². The molecular formula is C14H15BrClNO3. The Morgan fingerprint density at radius 1 is 1.45 bits per heavy atom. The van der Waals surface area contributed by atoms with Crippen LogP contribution in [-0.4, -0.2) is 35.0 Å². The normalized spacial score (nSPS) is 18.3. The van der Waals surface area contributed by atoms with Gasteiger partial charge in [-0.3, -0.25) is 9.59 Å². The molecule has 0 bridgehead atoms. The molecule has 108 valence electrons. The third-order valence-corrected chi connectivity index (χ3v) is 4.31. The van der Waals surface area contributed by atoms with Gasteiger partial charge in [-0.1, -0.05) is 27.5 Å². The summed E-state index contributed by atoms with van der Waals surface area (Å²) in [5.41, 5.74) is 0.494. The van der Waals surface area contributed by atoms with Crippen molar-refractivity contribution in [3.05, 3.63) is 33.3 Å². The Hall–Kier alpha value is -1.07. The van der Waals surface area contributed by atoms with E-state index in [4.69, 9.17) is 16.7 Å². The molecular weight excluding hydrogens is 346 g/mol. The second kappa shape index (κ2) is 6.59. The second-order valence-electron chi connectivity index (χ2n) is 4.96. The molecule has 0 aromatic heterocycles. The Kier molecular flexibility index (Phi) is 5.05. The van der Waals surface area contributed by atoms with Gasteiger partial charge in [0.2, 0.25) is 0 Å². The molecule has 0 spiro atoms. The maximum Gasteiger partial charge on any atom is 0.303 e. The topological polar surface area (TPSA) is 57.6 Å². The van der Waals surface area contributed by atoms with Crippen LogP contribution in [0.1, 0.15) is 29.6 Å². The van der Waals surface area contributed by atoms with E-state index >= 15 is 0 Å². The van der Waals surface area contributed by atoms with E-state index in [1.807, 2.05) is 0 Å². The average Bonchev–Trinajstić information content (AvgIpc) is 2.84. The molecule has 1 unspecified atom stereocenters. The monoisotopic (exact) mass is 359 g/mol. The first kappa shape index (κ1) is 15.3. The first-order valence-electron chi connectivity index (χ1n) is 6.43. The highest BCUT2D eigenvalue weighted by Gasteiger charge is 2.28. The lowest BCUT2D eigenvalue weighted by Crippen LogP contribution is -2.29. The van der Waals surface area contributed by atoms with Crippen LogP contribution in [-0.2, 0) is 4.79 Å². The fourth-order valence-corrected chi connectivity index (χ4v) is 3.17. The van der Waals surface area contributed by atoms with Crippen LogP contribution in [0.2, 0.25) is 5.02 Å². The summed E-state index contributed by atoms with van der Waals surface area (Å²) in [6.45, 7) is 1.27. The molecule has 4 nitrogen and oxygen atoms in total. The predicted octanol–water partition coefficient (Wildman–Crippen LogP) is 3.43. The van der Waals surface area contributed by atoms with Crippen LogP contribution in [0.15, 0.2) is 22.7 Å². The largest absolute Gasteiger partial charge is 0.481 e. The van der Waals surface area contributed by atoms with Gasteiger partial charge in [0.25, 0.3) is 5.91 Å². The van der Waals surface area contributed by atoms with Crippen molar-refractivity contribution in [2.45, 2.75) is 19.3 Å². The number of hydrogen-bond donors (Lipinski definition) is 1. The Morgan fingerprint density at radius 2 is 2.20 bits per heavy atom. The molecule has 0 radical (unpaired) electrons. The SMILES string of the molecule is O=C(O)CCC1CCN(C(=O)c2ccc(Br)cc2Cl)C1. The second-order valence-corrected chi connectivity index (χ2v) is 6.29. The summed E-state index contributed by atoms with van der Waals surface area (Å²) in [6.07, 6.45) is 1.63. The molecule has 1 saturated heterocycles. The van der Waals surface area contributed by atoms with Crippen LogP contribution in [0.5, 0.6) is 0 Å². The molecule has 1 atom stereocenters. The van der Waals surface area contributed by atoms with Crippen molar-refractivity contribution in [3.63, 3.8) is 0 Å². The van der Waals surface area contributed by atoms with E-state index in [9.17, 15) is 9.59 Å². The van der Waals surface area contributed by atoms with Crippen molar-refractivity contribution in [1.82, 2.24) is 4.90 Å². The molecule has 20 heavy (non-hydrogen) atoms. The molecule has 2 rings (SSSR count). The minimum atomic E-state index is -0.786. The summed E-state index contributed by atoms with van der Waals surface area (Å²) in [6, 6.07) is 5.20. The number of benzene rings is 1. The standard InChI is InChI=1S/C14H15BrClNO3/c15-10-2-3-11(12(16)7-10)14(20)17-6-5-9(8-17)1-4-13(18)19/h2-3,7,9H,1,4-6,8H2,(H,18,19). The molecule has 1 fully saturated rings. The third-order valence-electron chi connectivity index (χ3n) is 3.50. The number of hydrogen-bond acceptors (Lipinski definition) is 2. The number of likely N-dealkylation sites (tertiary alicyclic amines) is 1. The molecule has 1 heterocycles. The number of carbonyl (C=O) groups excluding carboxylic acids is 1. The van der Waals surface area contributed by atoms with Crippen molar-refractivity contribution in [3.8, 4) is 0 Å². The van der Waals surface area contributed by atoms with Crippen LogP contribution in [0.3, 0.4) is 0 Å². The fourth-order valence-electron chi connectivity index (χ4n) is 2.41. The molecule has 1 aromatic rings. The van der Waals surface area contributed by atoms with E-state index in [2.05, 4.69) is 15.9 Å². The minimum Gasteiger partial charge on any atom is -0.481 e. The lowest BCUT2D eigenvalue weighted by Gasteiger charge is -2.17. The van der Waals surface area contributed by atoms with Gasteiger partial charge in [-0.2, -0.15) is 0 Å². The number of aliphatic carboxylic acids is 1. The van der Waals surface area contributed by atoms with E-state index < -0.39 is 5.97 Å². The zero-order valence-corrected chi connectivity index (χ0v) is 13.2. The third kappa shape index (κ3) is 3.73. The Morgan fingerprint density at radius 3 is 2.85 bits per heavy atom. The lowest BCUT2D eigenvalue weighted by atomic mass is 10.0. The van der Waals surface area contributed by atoms with Gasteiger partial charge < -0.3 is 10.0 Å². The van der Waals surface area contributed by atoms with E-state index in [1.54, 1.807) is 23.1 Å². The van der Waals surface area contributed by atoms with Gasteiger partial charge in [0.05, 0.1) is 10.6 Å². The van der Waals surface area contributed by atoms with E-state index in [0.717, 1.165) is 10.9 Å². The summed E-state index contributed by atoms with van der Waals surface area (Å²) < 4.78 is 0.833. The van der Waals surface area contributed by atoms with Crippen LogP contribution < -0.4 is 0 Å². The molecule has 0 saturated carbocycles. The number of carbonyl (C=O) groups is 2. The minimum absolute atomic E-state index is 0.0830. The van der Waals surface area contributed by atoms with Crippen LogP contribution in [0.4, 0.5) is 0 Å². The summed E-state index contributed by atoms with van der Waals surface area (Å²) in [7, 11) is 0. The lowest BCUT2D eigenvalue weighted by molar-refractivity contribution is -0.137. The molecule has 1 amide bonds. The van der Waals surface area contributed by atoms with Gasteiger partial charge in [-0.05, 0) is 37.0 Å². The van der Waals surface area contributed by atoms with Crippen molar-refractivity contribution >= 4 is 39.4 Å². The Balaban J connectivity index is 1.99. The summed E-state index contributed by atoms with van der Waals surface area (Å²) >= 11 is 9.39. The average molecular weight is 361 g/mol. The summed E-state index contributed by atoms with van der Waals surface area (Å²) in [5.74, 6) is -0.602. The van der Waals surface area contributed by atoms with Crippen molar-refractivity contribution in [1.29, 1.82) is 0 Å². The van der Waals surface area contributed by atoms with E-state index in [1.165, 1.54) is 0 Å². The molecule has 0 aliphatic carbocycles. The van der Waals surface area contributed by atoms with E-state index in [0.29, 0.717) is 30.1 Å². The van der Waals surface area contributed by atoms with Crippen molar-refractivity contribution in [2.24, 2.45) is 5.92 Å². The smallest absolute Gasteiger partial charge is 0.303 e. The van der Waals surface area contributed by atoms with Crippen molar-refractivity contribution in [2.75, 3.05) is 13.1 Å². The highest BCUT2D eigenvalue weighted by atomic mass is 79.9. The van der Waals surface area contributed by atoms with Gasteiger partial charge in [0, 0.05) is 24.0 Å². The van der Waals surface area contributed by atoms with Crippen LogP contribution in [0.25, 0.3) is 0 Å². The van der Waals surface area contributed by atoms with Gasteiger partial charge in [-0.15, -0.1) is 0 Å². The Bertz CT molecular complexity index is 535. The first-order valence-corrected chi connectivity index (χ1v) is 7.60. The highest BCUT2D eigenvalue weighted by molar-refractivity contribution is 9.10. The van der Waals surface area contributed by atoms with Gasteiger partial charge in [0.15, 0.2) is 0 Å². The number of carboxylic acid groups (broad SMARTS) is 1. The summed E-state index contributed by atoms with van der Waals surface area (Å²) in [4.78, 5) is 24.7. The molecule has 1 N–H and O–H groups in total. The first-order chi connectivity index (χ1) is 9.47. The van der Waals surface area contributed by atoms with Gasteiger partial charge >= 0.3 is 5.97 Å². The van der Waals surface area contributed by atoms with Gasteiger partial charge in [-0.25, -0.2) is 0 Å². The fraction of sp³-hybridized carbons (Fsp3) is 0.429. The number of amides is 1. The molecule has 6 heteroatoms. The molecule has 1 aliphatic heterocycles. The maximum atomic E-state index is 12.4. The molecule has 1 aliphatic rings. The quantitative estimate of drug-likeness (QED) is 0.895. The predicted molar refractivity (Wildman–Crippen MR) is 80.0 cm³/mol. The number of carboxylic acids is 1. The van der Waals surface area contributed by atoms with E-state index in [-0.39, 0.29) is 18.2 Å². The molecule has 1 aromatic carbocycles. The zero-order chi connectivity index (χ0) is 14.7. The Labute approximate surface area is 130 Å². The summed E-state index contributed by atoms with van der Waals surface area (Å²) in [5, 5.41) is 9.12.